The molecule has 0 aliphatic heterocycles. The summed E-state index contributed by atoms with van der Waals surface area (Å²) in [7, 11) is 1.64. The van der Waals surface area contributed by atoms with Gasteiger partial charge < -0.3 is 4.74 Å². The highest BCUT2D eigenvalue weighted by atomic mass is 35.5. The molecule has 3 aromatic rings. The number of benzene rings is 2. The van der Waals surface area contributed by atoms with E-state index >= 15 is 0 Å². The van der Waals surface area contributed by atoms with Crippen molar-refractivity contribution in [1.29, 1.82) is 0 Å². The van der Waals surface area contributed by atoms with Crippen molar-refractivity contribution in [2.24, 2.45) is 0 Å². The number of ether oxygens (including phenoxy) is 1. The van der Waals surface area contributed by atoms with E-state index in [4.69, 9.17) is 16.3 Å². The minimum absolute atomic E-state index is 0.0437. The maximum Gasteiger partial charge on any atom is 0.185 e. The van der Waals surface area contributed by atoms with E-state index < -0.39 is 0 Å². The average molecular weight is 341 g/mol. The van der Waals surface area contributed by atoms with Crippen molar-refractivity contribution in [2.75, 3.05) is 13.0 Å². The van der Waals surface area contributed by atoms with Gasteiger partial charge in [-0.15, -0.1) is 11.6 Å². The summed E-state index contributed by atoms with van der Waals surface area (Å²) in [6.45, 7) is 0.650. The van der Waals surface area contributed by atoms with E-state index in [1.807, 2.05) is 42.6 Å². The molecule has 0 aliphatic carbocycles. The van der Waals surface area contributed by atoms with Crippen LogP contribution in [0.5, 0.6) is 5.75 Å². The summed E-state index contributed by atoms with van der Waals surface area (Å²) in [6, 6.07) is 11.4. The molecule has 0 N–H and O–H groups in total. The summed E-state index contributed by atoms with van der Waals surface area (Å²) in [5.41, 5.74) is 1.52. The van der Waals surface area contributed by atoms with Crippen molar-refractivity contribution in [3.05, 3.63) is 66.0 Å². The third kappa shape index (κ3) is 3.66. The fourth-order valence-electron chi connectivity index (χ4n) is 2.45. The Balaban J connectivity index is 1.78. The Morgan fingerprint density at radius 2 is 2.04 bits per heavy atom. The molecule has 0 unspecified atom stereocenters. The second-order valence-electron chi connectivity index (χ2n) is 5.35. The largest absolute Gasteiger partial charge is 0.497 e. The fourth-order valence-corrected chi connectivity index (χ4v) is 2.62. The zero-order valence-electron chi connectivity index (χ0n) is 13.3. The van der Waals surface area contributed by atoms with Crippen LogP contribution in [0.1, 0.15) is 15.9 Å². The van der Waals surface area contributed by atoms with Crippen LogP contribution in [0.2, 0.25) is 0 Å². The second kappa shape index (κ2) is 7.32. The maximum atomic E-state index is 12.4. The molecule has 0 aliphatic rings. The lowest BCUT2D eigenvalue weighted by Gasteiger charge is -2.04. The number of allylic oxidation sites excluding steroid dienone is 1. The van der Waals surface area contributed by atoms with Gasteiger partial charge >= 0.3 is 0 Å². The SMILES string of the molecule is COc1ccc2cc(C(=O)/C=C/c3cnn(CCCl)c3)ccc2c1. The molecular formula is C19H17ClN2O2. The molecule has 0 radical (unpaired) electrons. The number of ketones is 1. The Bertz CT molecular complexity index is 899. The van der Waals surface area contributed by atoms with E-state index in [2.05, 4.69) is 5.10 Å². The standard InChI is InChI=1S/C19H17ClN2O2/c1-24-18-6-5-15-10-17(4-3-16(15)11-18)19(23)7-2-14-12-21-22(13-14)9-8-20/h2-7,10-13H,8-9H2,1H3/b7-2+. The minimum atomic E-state index is -0.0437. The minimum Gasteiger partial charge on any atom is -0.497 e. The molecule has 0 saturated carbocycles. The Morgan fingerprint density at radius 3 is 2.83 bits per heavy atom. The Labute approximate surface area is 145 Å². The quantitative estimate of drug-likeness (QED) is 0.384. The van der Waals surface area contributed by atoms with Crippen LogP contribution < -0.4 is 4.74 Å². The lowest BCUT2D eigenvalue weighted by Crippen LogP contribution is -1.98. The first-order valence-electron chi connectivity index (χ1n) is 7.58. The van der Waals surface area contributed by atoms with E-state index in [0.29, 0.717) is 18.0 Å². The van der Waals surface area contributed by atoms with Gasteiger partial charge in [-0.05, 0) is 41.1 Å². The molecule has 1 aromatic heterocycles. The van der Waals surface area contributed by atoms with Gasteiger partial charge in [0.2, 0.25) is 0 Å². The molecule has 2 aromatic carbocycles. The van der Waals surface area contributed by atoms with Crippen LogP contribution in [0.3, 0.4) is 0 Å². The van der Waals surface area contributed by atoms with E-state index in [9.17, 15) is 4.79 Å². The first kappa shape index (κ1) is 16.3. The van der Waals surface area contributed by atoms with Crippen LogP contribution >= 0.6 is 11.6 Å². The van der Waals surface area contributed by atoms with Crippen LogP contribution in [-0.4, -0.2) is 28.6 Å². The smallest absolute Gasteiger partial charge is 0.185 e. The molecule has 0 atom stereocenters. The summed E-state index contributed by atoms with van der Waals surface area (Å²) < 4.78 is 6.96. The van der Waals surface area contributed by atoms with Gasteiger partial charge in [-0.3, -0.25) is 9.48 Å². The normalized spacial score (nSPS) is 11.2. The molecule has 0 bridgehead atoms. The molecular weight excluding hydrogens is 324 g/mol. The summed E-state index contributed by atoms with van der Waals surface area (Å²) in [4.78, 5) is 12.4. The number of nitrogens with zero attached hydrogens (tertiary/aromatic N) is 2. The monoisotopic (exact) mass is 340 g/mol. The van der Waals surface area contributed by atoms with Crippen molar-refractivity contribution in [3.63, 3.8) is 0 Å². The molecule has 0 saturated heterocycles. The topological polar surface area (TPSA) is 44.1 Å². The highest BCUT2D eigenvalue weighted by molar-refractivity contribution is 6.17. The van der Waals surface area contributed by atoms with Gasteiger partial charge in [0.05, 0.1) is 19.9 Å². The first-order chi connectivity index (χ1) is 11.7. The number of hydrogen-bond donors (Lipinski definition) is 0. The molecule has 24 heavy (non-hydrogen) atoms. The number of carbonyl (C=O) groups excluding carboxylic acids is 1. The number of halogens is 1. The summed E-state index contributed by atoms with van der Waals surface area (Å²) in [6.07, 6.45) is 6.90. The van der Waals surface area contributed by atoms with Crippen molar-refractivity contribution >= 4 is 34.2 Å². The van der Waals surface area contributed by atoms with Crippen LogP contribution in [0.4, 0.5) is 0 Å². The van der Waals surface area contributed by atoms with Crippen molar-refractivity contribution in [2.45, 2.75) is 6.54 Å². The number of alkyl halides is 1. The maximum absolute atomic E-state index is 12.4. The molecule has 0 spiro atoms. The Morgan fingerprint density at radius 1 is 1.25 bits per heavy atom. The number of hydrogen-bond acceptors (Lipinski definition) is 3. The predicted octanol–water partition coefficient (Wildman–Crippen LogP) is 4.18. The fraction of sp³-hybridized carbons (Fsp3) is 0.158. The van der Waals surface area contributed by atoms with Gasteiger partial charge in [-0.2, -0.15) is 5.10 Å². The number of carbonyl (C=O) groups is 1. The Hall–Kier alpha value is -2.59. The van der Waals surface area contributed by atoms with Gasteiger partial charge in [0.15, 0.2) is 5.78 Å². The van der Waals surface area contributed by atoms with Crippen molar-refractivity contribution in [3.8, 4) is 5.75 Å². The average Bonchev–Trinajstić information content (AvgIpc) is 3.06. The van der Waals surface area contributed by atoms with E-state index in [-0.39, 0.29) is 5.78 Å². The molecule has 4 nitrogen and oxygen atoms in total. The third-order valence-corrected chi connectivity index (χ3v) is 3.89. The van der Waals surface area contributed by atoms with Gasteiger partial charge in [0.25, 0.3) is 0 Å². The summed E-state index contributed by atoms with van der Waals surface area (Å²) in [5, 5.41) is 6.22. The van der Waals surface area contributed by atoms with Crippen LogP contribution in [0, 0.1) is 0 Å². The second-order valence-corrected chi connectivity index (χ2v) is 5.73. The highest BCUT2D eigenvalue weighted by Gasteiger charge is 2.04. The first-order valence-corrected chi connectivity index (χ1v) is 8.12. The van der Waals surface area contributed by atoms with Gasteiger partial charge in [0, 0.05) is 23.2 Å². The molecule has 5 heteroatoms. The van der Waals surface area contributed by atoms with Crippen molar-refractivity contribution < 1.29 is 9.53 Å². The summed E-state index contributed by atoms with van der Waals surface area (Å²) >= 11 is 5.68. The predicted molar refractivity (Wildman–Crippen MR) is 96.8 cm³/mol. The molecule has 1 heterocycles. The number of aryl methyl sites for hydroxylation is 1. The Kier molecular flexibility index (Phi) is 4.96. The number of rotatable bonds is 6. The molecule has 3 rings (SSSR count). The van der Waals surface area contributed by atoms with Crippen molar-refractivity contribution in [1.82, 2.24) is 9.78 Å². The highest BCUT2D eigenvalue weighted by Crippen LogP contribution is 2.22. The third-order valence-electron chi connectivity index (χ3n) is 3.73. The molecule has 122 valence electrons. The van der Waals surface area contributed by atoms with E-state index in [1.54, 1.807) is 30.1 Å². The lowest BCUT2D eigenvalue weighted by molar-refractivity contribution is 0.104. The zero-order valence-corrected chi connectivity index (χ0v) is 14.0. The number of aromatic nitrogens is 2. The van der Waals surface area contributed by atoms with Gasteiger partial charge in [-0.1, -0.05) is 18.2 Å². The zero-order chi connectivity index (χ0) is 16.9. The number of methoxy groups -OCH3 is 1. The van der Waals surface area contributed by atoms with E-state index in [1.165, 1.54) is 0 Å². The lowest BCUT2D eigenvalue weighted by atomic mass is 10.0. The van der Waals surface area contributed by atoms with Gasteiger partial charge in [-0.25, -0.2) is 0 Å². The van der Waals surface area contributed by atoms with Crippen LogP contribution in [0.15, 0.2) is 54.9 Å². The van der Waals surface area contributed by atoms with Gasteiger partial charge in [0.1, 0.15) is 5.75 Å². The number of fused-ring (bicyclic) bond motifs is 1. The molecule has 0 fully saturated rings. The molecule has 0 amide bonds. The van der Waals surface area contributed by atoms with Crippen LogP contribution in [-0.2, 0) is 6.54 Å². The van der Waals surface area contributed by atoms with Crippen LogP contribution in [0.25, 0.3) is 16.8 Å². The summed E-state index contributed by atoms with van der Waals surface area (Å²) in [5.74, 6) is 1.26. The van der Waals surface area contributed by atoms with E-state index in [0.717, 1.165) is 22.1 Å².